The lowest BCUT2D eigenvalue weighted by molar-refractivity contribution is -0.115. The van der Waals surface area contributed by atoms with Crippen LogP contribution in [-0.4, -0.2) is 34.6 Å². The molecule has 2 aromatic rings. The number of hydrogen-bond acceptors (Lipinski definition) is 5. The second-order valence-electron chi connectivity index (χ2n) is 4.29. The minimum Gasteiger partial charge on any atom is -0.342 e. The van der Waals surface area contributed by atoms with E-state index in [0.29, 0.717) is 15.9 Å². The fourth-order valence-corrected chi connectivity index (χ4v) is 2.33. The van der Waals surface area contributed by atoms with Gasteiger partial charge in [0, 0.05) is 10.7 Å². The van der Waals surface area contributed by atoms with Crippen LogP contribution in [-0.2, 0) is 4.79 Å². The van der Waals surface area contributed by atoms with Crippen LogP contribution in [0.5, 0.6) is 0 Å². The lowest BCUT2D eigenvalue weighted by atomic mass is 10.3. The van der Waals surface area contributed by atoms with Gasteiger partial charge in [-0.3, -0.25) is 9.59 Å². The molecule has 1 aromatic heterocycles. The van der Waals surface area contributed by atoms with Gasteiger partial charge in [0.15, 0.2) is 10.9 Å². The lowest BCUT2D eigenvalue weighted by Gasteiger charge is -2.08. The van der Waals surface area contributed by atoms with Crippen molar-refractivity contribution in [1.82, 2.24) is 15.3 Å². The van der Waals surface area contributed by atoms with Crippen LogP contribution >= 0.6 is 35.0 Å². The second-order valence-corrected chi connectivity index (χ2v) is 5.91. The summed E-state index contributed by atoms with van der Waals surface area (Å²) in [5, 5.41) is 6.12. The summed E-state index contributed by atoms with van der Waals surface area (Å²) in [5.74, 6) is -0.940. The molecule has 0 saturated heterocycles. The average molecular weight is 371 g/mol. The van der Waals surface area contributed by atoms with E-state index < -0.39 is 11.8 Å². The molecule has 0 aliphatic heterocycles. The quantitative estimate of drug-likeness (QED) is 0.624. The first kappa shape index (κ1) is 17.5. The molecule has 2 amide bonds. The SMILES string of the molecule is CSc1ncc(Cl)c(C(=O)NCC(=O)Nc2cccc(Cl)c2)n1. The van der Waals surface area contributed by atoms with Crippen LogP contribution in [0.4, 0.5) is 5.69 Å². The van der Waals surface area contributed by atoms with Crippen molar-refractivity contribution in [2.24, 2.45) is 0 Å². The molecule has 0 spiro atoms. The van der Waals surface area contributed by atoms with Crippen molar-refractivity contribution in [2.75, 3.05) is 18.1 Å². The Morgan fingerprint density at radius 3 is 2.78 bits per heavy atom. The zero-order valence-corrected chi connectivity index (χ0v) is 14.3. The number of thioether (sulfide) groups is 1. The lowest BCUT2D eigenvalue weighted by Crippen LogP contribution is -2.33. The van der Waals surface area contributed by atoms with Gasteiger partial charge in [0.25, 0.3) is 5.91 Å². The number of carbonyl (C=O) groups is 2. The molecule has 0 atom stereocenters. The Kier molecular flexibility index (Phi) is 6.20. The van der Waals surface area contributed by atoms with E-state index in [-0.39, 0.29) is 17.3 Å². The van der Waals surface area contributed by atoms with Crippen LogP contribution in [0.1, 0.15) is 10.5 Å². The van der Waals surface area contributed by atoms with Crippen LogP contribution in [0.2, 0.25) is 10.0 Å². The molecule has 0 saturated carbocycles. The van der Waals surface area contributed by atoms with Gasteiger partial charge >= 0.3 is 0 Å². The number of halogens is 2. The van der Waals surface area contributed by atoms with Gasteiger partial charge in [0.05, 0.1) is 17.8 Å². The molecule has 2 rings (SSSR count). The first-order chi connectivity index (χ1) is 11.0. The molecule has 0 bridgehead atoms. The van der Waals surface area contributed by atoms with Gasteiger partial charge in [-0.15, -0.1) is 0 Å². The Labute approximate surface area is 147 Å². The van der Waals surface area contributed by atoms with Gasteiger partial charge in [-0.05, 0) is 24.5 Å². The molecular weight excluding hydrogens is 359 g/mol. The molecule has 0 radical (unpaired) electrons. The van der Waals surface area contributed by atoms with Crippen LogP contribution in [0.3, 0.4) is 0 Å². The predicted molar refractivity (Wildman–Crippen MR) is 91.2 cm³/mol. The highest BCUT2D eigenvalue weighted by atomic mass is 35.5. The minimum atomic E-state index is -0.547. The molecule has 23 heavy (non-hydrogen) atoms. The summed E-state index contributed by atoms with van der Waals surface area (Å²) in [6.07, 6.45) is 3.13. The van der Waals surface area contributed by atoms with Crippen LogP contribution in [0.15, 0.2) is 35.6 Å². The highest BCUT2D eigenvalue weighted by molar-refractivity contribution is 7.98. The van der Waals surface area contributed by atoms with E-state index in [9.17, 15) is 9.59 Å². The van der Waals surface area contributed by atoms with Crippen molar-refractivity contribution in [3.05, 3.63) is 46.2 Å². The maximum absolute atomic E-state index is 12.0. The van der Waals surface area contributed by atoms with E-state index in [1.54, 1.807) is 30.5 Å². The fraction of sp³-hybridized carbons (Fsp3) is 0.143. The van der Waals surface area contributed by atoms with E-state index in [4.69, 9.17) is 23.2 Å². The van der Waals surface area contributed by atoms with E-state index >= 15 is 0 Å². The van der Waals surface area contributed by atoms with Gasteiger partial charge in [-0.2, -0.15) is 0 Å². The molecule has 0 aliphatic carbocycles. The average Bonchev–Trinajstić information content (AvgIpc) is 2.53. The molecule has 120 valence electrons. The standard InChI is InChI=1S/C14H12Cl2N4O2S/c1-23-14-18-6-10(16)12(20-14)13(22)17-7-11(21)19-9-4-2-3-8(15)5-9/h2-6H,7H2,1H3,(H,17,22)(H,19,21). The summed E-state index contributed by atoms with van der Waals surface area (Å²) in [6.45, 7) is -0.222. The van der Waals surface area contributed by atoms with Gasteiger partial charge in [-0.25, -0.2) is 9.97 Å². The van der Waals surface area contributed by atoms with Crippen LogP contribution in [0.25, 0.3) is 0 Å². The molecule has 6 nitrogen and oxygen atoms in total. The topological polar surface area (TPSA) is 84.0 Å². The van der Waals surface area contributed by atoms with E-state index in [1.807, 2.05) is 0 Å². The summed E-state index contributed by atoms with van der Waals surface area (Å²) in [4.78, 5) is 31.8. The zero-order chi connectivity index (χ0) is 16.8. The molecule has 0 aliphatic rings. The molecule has 0 fully saturated rings. The Balaban J connectivity index is 1.95. The zero-order valence-electron chi connectivity index (χ0n) is 12.0. The number of anilines is 1. The van der Waals surface area contributed by atoms with Crippen LogP contribution in [0, 0.1) is 0 Å². The monoisotopic (exact) mass is 370 g/mol. The third-order valence-electron chi connectivity index (χ3n) is 2.64. The number of rotatable bonds is 5. The number of nitrogens with zero attached hydrogens (tertiary/aromatic N) is 2. The number of amides is 2. The smallest absolute Gasteiger partial charge is 0.272 e. The Morgan fingerprint density at radius 2 is 2.09 bits per heavy atom. The highest BCUT2D eigenvalue weighted by Crippen LogP contribution is 2.16. The number of nitrogens with one attached hydrogen (secondary N) is 2. The summed E-state index contributed by atoms with van der Waals surface area (Å²) >= 11 is 13.0. The van der Waals surface area contributed by atoms with E-state index in [1.165, 1.54) is 18.0 Å². The van der Waals surface area contributed by atoms with Crippen molar-refractivity contribution < 1.29 is 9.59 Å². The highest BCUT2D eigenvalue weighted by Gasteiger charge is 2.15. The molecule has 2 N–H and O–H groups in total. The first-order valence-electron chi connectivity index (χ1n) is 6.39. The van der Waals surface area contributed by atoms with Gasteiger partial charge < -0.3 is 10.6 Å². The van der Waals surface area contributed by atoms with Crippen molar-refractivity contribution in [2.45, 2.75) is 5.16 Å². The van der Waals surface area contributed by atoms with Crippen molar-refractivity contribution in [3.63, 3.8) is 0 Å². The fourth-order valence-electron chi connectivity index (χ4n) is 1.62. The Morgan fingerprint density at radius 1 is 1.30 bits per heavy atom. The van der Waals surface area contributed by atoms with Gasteiger partial charge in [-0.1, -0.05) is 41.0 Å². The summed E-state index contributed by atoms with van der Waals surface area (Å²) in [6, 6.07) is 6.70. The normalized spacial score (nSPS) is 10.2. The minimum absolute atomic E-state index is 0.0292. The first-order valence-corrected chi connectivity index (χ1v) is 8.38. The van der Waals surface area contributed by atoms with Crippen molar-refractivity contribution in [3.8, 4) is 0 Å². The van der Waals surface area contributed by atoms with E-state index in [0.717, 1.165) is 0 Å². The second kappa shape index (κ2) is 8.14. The molecule has 9 heteroatoms. The third kappa shape index (κ3) is 5.09. The maximum Gasteiger partial charge on any atom is 0.272 e. The number of benzene rings is 1. The number of carbonyl (C=O) groups excluding carboxylic acids is 2. The van der Waals surface area contributed by atoms with Crippen LogP contribution < -0.4 is 10.6 Å². The number of aromatic nitrogens is 2. The Bertz CT molecular complexity index is 742. The van der Waals surface area contributed by atoms with E-state index in [2.05, 4.69) is 20.6 Å². The molecule has 1 aromatic carbocycles. The largest absolute Gasteiger partial charge is 0.342 e. The predicted octanol–water partition coefficient (Wildman–Crippen LogP) is 2.87. The van der Waals surface area contributed by atoms with Crippen molar-refractivity contribution >= 4 is 52.5 Å². The Hall–Kier alpha value is -1.83. The molecule has 0 unspecified atom stereocenters. The maximum atomic E-state index is 12.0. The summed E-state index contributed by atoms with van der Waals surface area (Å²) < 4.78 is 0. The van der Waals surface area contributed by atoms with Crippen molar-refractivity contribution in [1.29, 1.82) is 0 Å². The van der Waals surface area contributed by atoms with Gasteiger partial charge in [0.2, 0.25) is 5.91 Å². The summed E-state index contributed by atoms with van der Waals surface area (Å²) in [7, 11) is 0. The summed E-state index contributed by atoms with van der Waals surface area (Å²) in [5.41, 5.74) is 0.572. The van der Waals surface area contributed by atoms with Gasteiger partial charge in [0.1, 0.15) is 0 Å². The third-order valence-corrected chi connectivity index (χ3v) is 3.71. The number of hydrogen-bond donors (Lipinski definition) is 2. The molecule has 1 heterocycles. The molecular formula is C14H12Cl2N4O2S.